The van der Waals surface area contributed by atoms with Gasteiger partial charge in [-0.1, -0.05) is 40.9 Å². The highest BCUT2D eigenvalue weighted by Crippen LogP contribution is 2.36. The number of nitrogens with zero attached hydrogens (tertiary/aromatic N) is 5. The number of hydrogen-bond acceptors (Lipinski definition) is 9. The van der Waals surface area contributed by atoms with Gasteiger partial charge in [0, 0.05) is 6.54 Å². The van der Waals surface area contributed by atoms with E-state index in [0.29, 0.717) is 0 Å². The van der Waals surface area contributed by atoms with Crippen LogP contribution in [0.4, 0.5) is 10.3 Å². The highest BCUT2D eigenvalue weighted by molar-refractivity contribution is 7.22. The van der Waals surface area contributed by atoms with Gasteiger partial charge >= 0.3 is 0 Å². The molecule has 2 aromatic heterocycles. The van der Waals surface area contributed by atoms with E-state index in [9.17, 15) is 0 Å². The van der Waals surface area contributed by atoms with Crippen LogP contribution in [0.1, 0.15) is 16.7 Å². The molecule has 0 atom stereocenters. The van der Waals surface area contributed by atoms with Crippen molar-refractivity contribution in [3.05, 3.63) is 71.3 Å². The number of aryl methyl sites for hydroxylation is 2. The minimum absolute atomic E-state index is 0.290. The van der Waals surface area contributed by atoms with Crippen molar-refractivity contribution >= 4 is 53.4 Å². The summed E-state index contributed by atoms with van der Waals surface area (Å²) in [5.74, 6) is 1.64. The monoisotopic (exact) mass is 515 g/mol. The van der Waals surface area contributed by atoms with Crippen LogP contribution < -0.4 is 19.3 Å². The van der Waals surface area contributed by atoms with Crippen LogP contribution in [0, 0.1) is 13.8 Å². The predicted molar refractivity (Wildman–Crippen MR) is 146 cm³/mol. The first-order valence-corrected chi connectivity index (χ1v) is 13.6. The Kier molecular flexibility index (Phi) is 5.23. The second kappa shape index (κ2) is 8.62. The molecule has 0 bridgehead atoms. The van der Waals surface area contributed by atoms with Crippen LogP contribution in [-0.4, -0.2) is 41.7 Å². The molecule has 0 saturated carbocycles. The van der Waals surface area contributed by atoms with Crippen molar-refractivity contribution in [2.75, 3.05) is 36.6 Å². The van der Waals surface area contributed by atoms with E-state index in [-0.39, 0.29) is 6.79 Å². The van der Waals surface area contributed by atoms with Crippen molar-refractivity contribution in [1.29, 1.82) is 0 Å². The zero-order chi connectivity index (χ0) is 24.2. The molecule has 3 aromatic carbocycles. The Morgan fingerprint density at radius 2 is 1.33 bits per heavy atom. The van der Waals surface area contributed by atoms with Crippen LogP contribution in [0.25, 0.3) is 20.4 Å². The third-order valence-electron chi connectivity index (χ3n) is 6.53. The Morgan fingerprint density at radius 1 is 0.722 bits per heavy atom. The van der Waals surface area contributed by atoms with Gasteiger partial charge in [-0.15, -0.1) is 0 Å². The fraction of sp³-hybridized carbons (Fsp3) is 0.259. The maximum Gasteiger partial charge on any atom is 0.231 e. The molecule has 7 rings (SSSR count). The van der Waals surface area contributed by atoms with E-state index in [1.807, 2.05) is 6.07 Å². The van der Waals surface area contributed by atoms with Crippen molar-refractivity contribution in [2.45, 2.75) is 20.4 Å². The second-order valence-corrected chi connectivity index (χ2v) is 11.5. The topological polar surface area (TPSA) is 54.0 Å². The summed E-state index contributed by atoms with van der Waals surface area (Å²) in [6.45, 7) is 7.65. The van der Waals surface area contributed by atoms with E-state index in [1.54, 1.807) is 22.7 Å². The number of aromatic nitrogens is 2. The van der Waals surface area contributed by atoms with Crippen LogP contribution in [-0.2, 0) is 6.54 Å². The van der Waals surface area contributed by atoms with Gasteiger partial charge in [-0.3, -0.25) is 4.90 Å². The number of rotatable bonds is 4. The Morgan fingerprint density at radius 3 is 1.97 bits per heavy atom. The Hall–Kier alpha value is -3.40. The van der Waals surface area contributed by atoms with Crippen LogP contribution >= 0.6 is 22.7 Å². The molecule has 1 fully saturated rings. The molecule has 0 spiro atoms. The summed E-state index contributed by atoms with van der Waals surface area (Å²) in [5.41, 5.74) is 5.81. The maximum atomic E-state index is 5.62. The Labute approximate surface area is 217 Å². The van der Waals surface area contributed by atoms with Gasteiger partial charge in [0.1, 0.15) is 0 Å². The van der Waals surface area contributed by atoms with Gasteiger partial charge in [-0.05, 0) is 66.9 Å². The lowest BCUT2D eigenvalue weighted by Crippen LogP contribution is -2.55. The van der Waals surface area contributed by atoms with Gasteiger partial charge in [0.2, 0.25) is 6.79 Å². The highest BCUT2D eigenvalue weighted by Gasteiger charge is 2.28. The quantitative estimate of drug-likeness (QED) is 0.293. The molecule has 5 aromatic rings. The van der Waals surface area contributed by atoms with E-state index in [4.69, 9.17) is 19.4 Å². The Balaban J connectivity index is 1.22. The van der Waals surface area contributed by atoms with E-state index >= 15 is 0 Å². The van der Waals surface area contributed by atoms with Gasteiger partial charge in [0.05, 0.1) is 40.4 Å². The average Bonchev–Trinajstić information content (AvgIpc) is 3.61. The van der Waals surface area contributed by atoms with Crippen LogP contribution in [0.5, 0.6) is 11.5 Å². The average molecular weight is 516 g/mol. The number of thiazole rings is 2. The molecule has 7 nitrogen and oxygen atoms in total. The number of hydrogen-bond donors (Lipinski definition) is 0. The normalized spacial score (nSPS) is 15.9. The molecule has 0 N–H and O–H groups in total. The maximum absolute atomic E-state index is 5.62. The van der Waals surface area contributed by atoms with E-state index < -0.39 is 0 Å². The lowest BCUT2D eigenvalue weighted by molar-refractivity contribution is 0.174. The van der Waals surface area contributed by atoms with Crippen molar-refractivity contribution in [3.63, 3.8) is 0 Å². The molecule has 1 saturated heterocycles. The zero-order valence-corrected chi connectivity index (χ0v) is 21.7. The predicted octanol–water partition coefficient (Wildman–Crippen LogP) is 5.95. The summed E-state index contributed by atoms with van der Waals surface area (Å²) in [6, 6.07) is 19.1. The minimum Gasteiger partial charge on any atom is -0.454 e. The number of benzene rings is 3. The van der Waals surface area contributed by atoms with Gasteiger partial charge in [0.25, 0.3) is 0 Å². The molecule has 2 aliphatic heterocycles. The smallest absolute Gasteiger partial charge is 0.231 e. The molecule has 0 unspecified atom stereocenters. The summed E-state index contributed by atoms with van der Waals surface area (Å²) in [4.78, 5) is 17.1. The van der Waals surface area contributed by atoms with Crippen LogP contribution in [0.3, 0.4) is 0 Å². The summed E-state index contributed by atoms with van der Waals surface area (Å²) in [5, 5.41) is 2.07. The van der Waals surface area contributed by atoms with Crippen molar-refractivity contribution in [2.24, 2.45) is 0 Å². The van der Waals surface area contributed by atoms with Gasteiger partial charge < -0.3 is 19.3 Å². The SMILES string of the molecule is Cc1ccc2nc(N3CN(Cc4ccc5c(c4)OCO5)CN(c4nc5ccc(C)cc5s4)C3)sc2c1. The summed E-state index contributed by atoms with van der Waals surface area (Å²) < 4.78 is 13.6. The summed E-state index contributed by atoms with van der Waals surface area (Å²) in [6.07, 6.45) is 0. The molecule has 182 valence electrons. The lowest BCUT2D eigenvalue weighted by Gasteiger charge is -2.42. The van der Waals surface area contributed by atoms with Gasteiger partial charge in [0.15, 0.2) is 21.8 Å². The molecule has 0 radical (unpaired) electrons. The third-order valence-corrected chi connectivity index (χ3v) is 8.69. The molecular formula is C27H25N5O2S2. The van der Waals surface area contributed by atoms with E-state index in [2.05, 4.69) is 77.1 Å². The first-order chi connectivity index (χ1) is 17.6. The molecule has 4 heterocycles. The van der Waals surface area contributed by atoms with Crippen molar-refractivity contribution in [1.82, 2.24) is 14.9 Å². The molecule has 0 aliphatic carbocycles. The fourth-order valence-corrected chi connectivity index (χ4v) is 6.87. The molecule has 36 heavy (non-hydrogen) atoms. The van der Waals surface area contributed by atoms with E-state index in [0.717, 1.165) is 59.3 Å². The third kappa shape index (κ3) is 4.03. The fourth-order valence-electron chi connectivity index (χ4n) is 4.77. The van der Waals surface area contributed by atoms with Crippen LogP contribution in [0.15, 0.2) is 54.6 Å². The number of anilines is 2. The Bertz CT molecular complexity index is 1510. The summed E-state index contributed by atoms with van der Waals surface area (Å²) in [7, 11) is 0. The highest BCUT2D eigenvalue weighted by atomic mass is 32.1. The molecular weight excluding hydrogens is 490 g/mol. The second-order valence-electron chi connectivity index (χ2n) is 9.46. The minimum atomic E-state index is 0.290. The van der Waals surface area contributed by atoms with Crippen molar-refractivity contribution < 1.29 is 9.47 Å². The van der Waals surface area contributed by atoms with Gasteiger partial charge in [-0.25, -0.2) is 9.97 Å². The number of ether oxygens (including phenoxy) is 2. The van der Waals surface area contributed by atoms with Crippen molar-refractivity contribution in [3.8, 4) is 11.5 Å². The van der Waals surface area contributed by atoms with Crippen LogP contribution in [0.2, 0.25) is 0 Å². The first-order valence-electron chi connectivity index (χ1n) is 11.9. The zero-order valence-electron chi connectivity index (χ0n) is 20.1. The first kappa shape index (κ1) is 21.8. The largest absolute Gasteiger partial charge is 0.454 e. The summed E-state index contributed by atoms with van der Waals surface area (Å²) >= 11 is 3.51. The van der Waals surface area contributed by atoms with E-state index in [1.165, 1.54) is 26.1 Å². The molecule has 2 aliphatic rings. The van der Waals surface area contributed by atoms with Gasteiger partial charge in [-0.2, -0.15) is 0 Å². The number of fused-ring (bicyclic) bond motifs is 3. The standard InChI is InChI=1S/C27H25N5O2S2/c1-17-3-6-20-24(9-17)35-26(28-20)31-13-30(12-19-5-8-22-23(11-19)34-16-33-22)14-32(15-31)27-29-21-7-4-18(2)10-25(21)36-27/h3-11H,12-16H2,1-2H3. The lowest BCUT2D eigenvalue weighted by atomic mass is 10.2. The molecule has 9 heteroatoms. The molecule has 0 amide bonds.